The van der Waals surface area contributed by atoms with Crippen LogP contribution >= 0.6 is 0 Å². The minimum atomic E-state index is -0.340. The molecule has 2 amide bonds. The largest absolute Gasteiger partial charge is 0.334 e. The smallest absolute Gasteiger partial charge is 0.249 e. The lowest BCUT2D eigenvalue weighted by Gasteiger charge is -2.37. The SMILES string of the molecule is CC(CC(=O)N(C)C1CCCN(c2ccccc2)C1=O)C1CCCNC1. The molecule has 0 aromatic heterocycles. The lowest BCUT2D eigenvalue weighted by atomic mass is 9.85. The first-order valence-electron chi connectivity index (χ1n) is 9.90. The third-order valence-electron chi connectivity index (χ3n) is 5.98. The molecule has 5 nitrogen and oxygen atoms in total. The van der Waals surface area contributed by atoms with Crippen molar-refractivity contribution in [3.63, 3.8) is 0 Å². The van der Waals surface area contributed by atoms with Crippen molar-refractivity contribution in [3.8, 4) is 0 Å². The fourth-order valence-electron chi connectivity index (χ4n) is 4.20. The zero-order chi connectivity index (χ0) is 18.5. The summed E-state index contributed by atoms with van der Waals surface area (Å²) in [5.41, 5.74) is 0.921. The van der Waals surface area contributed by atoms with E-state index in [2.05, 4.69) is 12.2 Å². The van der Waals surface area contributed by atoms with Crippen LogP contribution in [0.3, 0.4) is 0 Å². The summed E-state index contributed by atoms with van der Waals surface area (Å²) in [4.78, 5) is 29.3. The lowest BCUT2D eigenvalue weighted by molar-refractivity contribution is -0.139. The summed E-state index contributed by atoms with van der Waals surface area (Å²) in [5.74, 6) is 1.05. The quantitative estimate of drug-likeness (QED) is 0.881. The zero-order valence-electron chi connectivity index (χ0n) is 16.0. The molecule has 3 rings (SSSR count). The summed E-state index contributed by atoms with van der Waals surface area (Å²) in [6.07, 6.45) is 4.58. The van der Waals surface area contributed by atoms with Gasteiger partial charge in [0.05, 0.1) is 0 Å². The van der Waals surface area contributed by atoms with Crippen LogP contribution < -0.4 is 10.2 Å². The summed E-state index contributed by atoms with van der Waals surface area (Å²) in [6, 6.07) is 9.42. The predicted molar refractivity (Wildman–Crippen MR) is 104 cm³/mol. The standard InChI is InChI=1S/C21H31N3O2/c1-16(17-8-6-12-22-15-17)14-20(25)23(2)19-11-7-13-24(21(19)26)18-9-4-3-5-10-18/h3-5,9-10,16-17,19,22H,6-8,11-15H2,1-2H3. The second-order valence-corrected chi connectivity index (χ2v) is 7.78. The maximum absolute atomic E-state index is 13.0. The van der Waals surface area contributed by atoms with Crippen molar-refractivity contribution in [1.82, 2.24) is 10.2 Å². The molecule has 0 radical (unpaired) electrons. The van der Waals surface area contributed by atoms with Gasteiger partial charge in [-0.2, -0.15) is 0 Å². The number of likely N-dealkylation sites (N-methyl/N-ethyl adjacent to an activating group) is 1. The Morgan fingerprint density at radius 1 is 1.27 bits per heavy atom. The number of para-hydroxylation sites is 1. The molecule has 5 heteroatoms. The van der Waals surface area contributed by atoms with Crippen LogP contribution in [0.2, 0.25) is 0 Å². The van der Waals surface area contributed by atoms with Crippen molar-refractivity contribution in [3.05, 3.63) is 30.3 Å². The van der Waals surface area contributed by atoms with Crippen LogP contribution in [0.15, 0.2) is 30.3 Å². The van der Waals surface area contributed by atoms with Gasteiger partial charge in [0.25, 0.3) is 0 Å². The van der Waals surface area contributed by atoms with E-state index in [0.29, 0.717) is 18.3 Å². The minimum Gasteiger partial charge on any atom is -0.334 e. The van der Waals surface area contributed by atoms with E-state index in [1.54, 1.807) is 11.9 Å². The summed E-state index contributed by atoms with van der Waals surface area (Å²) < 4.78 is 0. The van der Waals surface area contributed by atoms with E-state index in [1.165, 1.54) is 12.8 Å². The van der Waals surface area contributed by atoms with Crippen LogP contribution in [0, 0.1) is 11.8 Å². The Kier molecular flexibility index (Phi) is 6.30. The Morgan fingerprint density at radius 3 is 2.73 bits per heavy atom. The van der Waals surface area contributed by atoms with Crippen molar-refractivity contribution in [2.45, 2.75) is 45.1 Å². The Hall–Kier alpha value is -1.88. The molecule has 26 heavy (non-hydrogen) atoms. The number of piperidine rings is 2. The molecule has 0 aliphatic carbocycles. The van der Waals surface area contributed by atoms with Crippen molar-refractivity contribution >= 4 is 17.5 Å². The lowest BCUT2D eigenvalue weighted by Crippen LogP contribution is -2.53. The summed E-state index contributed by atoms with van der Waals surface area (Å²) >= 11 is 0. The number of carbonyl (C=O) groups is 2. The maximum atomic E-state index is 13.0. The van der Waals surface area contributed by atoms with Gasteiger partial charge < -0.3 is 15.1 Å². The van der Waals surface area contributed by atoms with E-state index in [0.717, 1.165) is 38.2 Å². The van der Waals surface area contributed by atoms with Gasteiger partial charge in [-0.25, -0.2) is 0 Å². The van der Waals surface area contributed by atoms with Crippen LogP contribution in [0.1, 0.15) is 39.0 Å². The van der Waals surface area contributed by atoms with Gasteiger partial charge in [-0.3, -0.25) is 9.59 Å². The molecule has 142 valence electrons. The van der Waals surface area contributed by atoms with E-state index in [9.17, 15) is 9.59 Å². The first-order valence-corrected chi connectivity index (χ1v) is 9.90. The molecule has 3 atom stereocenters. The molecular weight excluding hydrogens is 326 g/mol. The van der Waals surface area contributed by atoms with Gasteiger partial charge in [0, 0.05) is 25.7 Å². The molecule has 0 spiro atoms. The number of carbonyl (C=O) groups excluding carboxylic acids is 2. The Labute approximate surface area is 156 Å². The molecule has 2 heterocycles. The third-order valence-corrected chi connectivity index (χ3v) is 5.98. The van der Waals surface area contributed by atoms with Gasteiger partial charge >= 0.3 is 0 Å². The first-order chi connectivity index (χ1) is 12.6. The molecular formula is C21H31N3O2. The average molecular weight is 357 g/mol. The molecule has 2 fully saturated rings. The molecule has 1 aromatic carbocycles. The van der Waals surface area contributed by atoms with Gasteiger partial charge in [0.2, 0.25) is 11.8 Å². The first kappa shape index (κ1) is 18.9. The monoisotopic (exact) mass is 357 g/mol. The molecule has 2 aliphatic heterocycles. The summed E-state index contributed by atoms with van der Waals surface area (Å²) in [7, 11) is 1.80. The van der Waals surface area contributed by atoms with E-state index in [1.807, 2.05) is 35.2 Å². The fraction of sp³-hybridized carbons (Fsp3) is 0.619. The van der Waals surface area contributed by atoms with Gasteiger partial charge in [0.15, 0.2) is 0 Å². The number of benzene rings is 1. The van der Waals surface area contributed by atoms with Gasteiger partial charge in [0.1, 0.15) is 6.04 Å². The number of rotatable bonds is 5. The highest BCUT2D eigenvalue weighted by Crippen LogP contribution is 2.26. The number of nitrogens with zero attached hydrogens (tertiary/aromatic N) is 2. The molecule has 1 N–H and O–H groups in total. The van der Waals surface area contributed by atoms with Crippen LogP contribution in [-0.2, 0) is 9.59 Å². The highest BCUT2D eigenvalue weighted by atomic mass is 16.2. The Bertz CT molecular complexity index is 613. The maximum Gasteiger partial charge on any atom is 0.249 e. The second kappa shape index (κ2) is 8.67. The molecule has 2 aliphatic rings. The third kappa shape index (κ3) is 4.26. The minimum absolute atomic E-state index is 0.0466. The predicted octanol–water partition coefficient (Wildman–Crippen LogP) is 2.67. The van der Waals surface area contributed by atoms with Gasteiger partial charge in [-0.1, -0.05) is 25.1 Å². The summed E-state index contributed by atoms with van der Waals surface area (Å²) in [6.45, 7) is 4.99. The van der Waals surface area contributed by atoms with Crippen molar-refractivity contribution < 1.29 is 9.59 Å². The van der Waals surface area contributed by atoms with E-state index in [4.69, 9.17) is 0 Å². The van der Waals surface area contributed by atoms with Gasteiger partial charge in [-0.05, 0) is 62.7 Å². The van der Waals surface area contributed by atoms with E-state index < -0.39 is 0 Å². The number of amides is 2. The topological polar surface area (TPSA) is 52.7 Å². The Balaban J connectivity index is 1.61. The van der Waals surface area contributed by atoms with Gasteiger partial charge in [-0.15, -0.1) is 0 Å². The summed E-state index contributed by atoms with van der Waals surface area (Å²) in [5, 5.41) is 3.43. The van der Waals surface area contributed by atoms with Crippen LogP contribution in [0.4, 0.5) is 5.69 Å². The van der Waals surface area contributed by atoms with Crippen molar-refractivity contribution in [1.29, 1.82) is 0 Å². The van der Waals surface area contributed by atoms with Crippen molar-refractivity contribution in [2.75, 3.05) is 31.6 Å². The van der Waals surface area contributed by atoms with Crippen LogP contribution in [0.25, 0.3) is 0 Å². The number of hydrogen-bond acceptors (Lipinski definition) is 3. The highest BCUT2D eigenvalue weighted by Gasteiger charge is 2.35. The molecule has 3 unspecified atom stereocenters. The molecule has 0 saturated carbocycles. The number of hydrogen-bond donors (Lipinski definition) is 1. The normalized spacial score (nSPS) is 25.0. The molecule has 0 bridgehead atoms. The highest BCUT2D eigenvalue weighted by molar-refractivity contribution is 5.99. The fourth-order valence-corrected chi connectivity index (χ4v) is 4.20. The van der Waals surface area contributed by atoms with E-state index >= 15 is 0 Å². The van der Waals surface area contributed by atoms with Crippen LogP contribution in [0.5, 0.6) is 0 Å². The number of anilines is 1. The average Bonchev–Trinajstić information content (AvgIpc) is 2.69. The molecule has 2 saturated heterocycles. The number of nitrogens with one attached hydrogen (secondary N) is 1. The van der Waals surface area contributed by atoms with Crippen LogP contribution in [-0.4, -0.2) is 49.4 Å². The Morgan fingerprint density at radius 2 is 2.04 bits per heavy atom. The zero-order valence-corrected chi connectivity index (χ0v) is 16.0. The van der Waals surface area contributed by atoms with E-state index in [-0.39, 0.29) is 17.9 Å². The molecule has 1 aromatic rings. The second-order valence-electron chi connectivity index (χ2n) is 7.78. The van der Waals surface area contributed by atoms with Crippen molar-refractivity contribution in [2.24, 2.45) is 11.8 Å².